The lowest BCUT2D eigenvalue weighted by Crippen LogP contribution is -2.25. The van der Waals surface area contributed by atoms with Crippen molar-refractivity contribution in [2.24, 2.45) is 5.10 Å². The fraction of sp³-hybridized carbons (Fsp3) is 0.300. The van der Waals surface area contributed by atoms with E-state index in [0.717, 1.165) is 20.1 Å². The third-order valence-corrected chi connectivity index (χ3v) is 6.39. The number of nitrogens with zero attached hydrogens (tertiary/aromatic N) is 1. The molecule has 154 valence electrons. The molecule has 0 bridgehead atoms. The summed E-state index contributed by atoms with van der Waals surface area (Å²) in [6.45, 7) is 6.08. The van der Waals surface area contributed by atoms with Gasteiger partial charge in [0.05, 0.1) is 15.7 Å². The summed E-state index contributed by atoms with van der Waals surface area (Å²) in [4.78, 5) is 12.2. The van der Waals surface area contributed by atoms with Crippen molar-refractivity contribution in [1.82, 2.24) is 5.43 Å². The van der Waals surface area contributed by atoms with E-state index < -0.39 is 0 Å². The number of benzene rings is 2. The Labute approximate surface area is 190 Å². The summed E-state index contributed by atoms with van der Waals surface area (Å²) in [6.07, 6.45) is 1.45. The molecule has 1 heterocycles. The van der Waals surface area contributed by atoms with Crippen LogP contribution in [-0.4, -0.2) is 25.5 Å². The second kappa shape index (κ2) is 9.36. The van der Waals surface area contributed by atoms with Crippen LogP contribution in [-0.2, 0) is 4.79 Å². The van der Waals surface area contributed by atoms with Crippen LogP contribution in [0.2, 0.25) is 5.02 Å². The first-order valence-electron chi connectivity index (χ1n) is 8.80. The lowest BCUT2D eigenvalue weighted by molar-refractivity contribution is -0.123. The maximum absolute atomic E-state index is 12.2. The predicted molar refractivity (Wildman–Crippen MR) is 119 cm³/mol. The van der Waals surface area contributed by atoms with Crippen molar-refractivity contribution >= 4 is 55.6 Å². The molecule has 0 atom stereocenters. The molecule has 2 aromatic rings. The van der Waals surface area contributed by atoms with Gasteiger partial charge in [0.15, 0.2) is 18.1 Å². The number of amides is 1. The summed E-state index contributed by atoms with van der Waals surface area (Å²) in [7, 11) is 0. The molecule has 6 nitrogen and oxygen atoms in total. The SMILES string of the molecule is Cc1c(Br)cc(C(C)C)c(OCC(=O)NN=Cc2cc3c(cc2Cl)OCO3)c1Br. The minimum Gasteiger partial charge on any atom is -0.482 e. The van der Waals surface area contributed by atoms with Gasteiger partial charge in [-0.05, 0) is 52.0 Å². The van der Waals surface area contributed by atoms with Crippen molar-refractivity contribution < 1.29 is 19.0 Å². The molecule has 0 saturated carbocycles. The number of carbonyl (C=O) groups excluding carboxylic acids is 1. The molecule has 2 aromatic carbocycles. The zero-order valence-electron chi connectivity index (χ0n) is 16.0. The van der Waals surface area contributed by atoms with Crippen molar-refractivity contribution in [1.29, 1.82) is 0 Å². The highest BCUT2D eigenvalue weighted by Crippen LogP contribution is 2.40. The van der Waals surface area contributed by atoms with Crippen molar-refractivity contribution in [2.75, 3.05) is 13.4 Å². The number of rotatable bonds is 6. The summed E-state index contributed by atoms with van der Waals surface area (Å²) in [5, 5.41) is 4.39. The Balaban J connectivity index is 1.64. The molecule has 9 heteroatoms. The number of halogens is 3. The van der Waals surface area contributed by atoms with E-state index in [9.17, 15) is 4.79 Å². The second-order valence-electron chi connectivity index (χ2n) is 6.68. The van der Waals surface area contributed by atoms with Gasteiger partial charge in [0.25, 0.3) is 5.91 Å². The molecular formula is C20H19Br2ClN2O4. The fourth-order valence-electron chi connectivity index (χ4n) is 2.66. The monoisotopic (exact) mass is 544 g/mol. The first-order valence-corrected chi connectivity index (χ1v) is 10.8. The van der Waals surface area contributed by atoms with Crippen LogP contribution < -0.4 is 19.6 Å². The Morgan fingerprint density at radius 1 is 1.31 bits per heavy atom. The van der Waals surface area contributed by atoms with E-state index in [1.54, 1.807) is 12.1 Å². The van der Waals surface area contributed by atoms with Crippen molar-refractivity contribution in [3.8, 4) is 17.2 Å². The number of ether oxygens (including phenoxy) is 3. The van der Waals surface area contributed by atoms with Crippen molar-refractivity contribution in [3.05, 3.63) is 48.9 Å². The topological polar surface area (TPSA) is 69.2 Å². The van der Waals surface area contributed by atoms with Crippen LogP contribution >= 0.6 is 43.5 Å². The summed E-state index contributed by atoms with van der Waals surface area (Å²) in [6, 6.07) is 5.36. The Kier molecular flexibility index (Phi) is 7.08. The molecule has 0 saturated heterocycles. The van der Waals surface area contributed by atoms with Crippen LogP contribution in [0.25, 0.3) is 0 Å². The van der Waals surface area contributed by atoms with E-state index in [1.807, 2.05) is 13.0 Å². The molecule has 1 aliphatic heterocycles. The van der Waals surface area contributed by atoms with E-state index >= 15 is 0 Å². The van der Waals surface area contributed by atoms with Gasteiger partial charge in [-0.2, -0.15) is 5.10 Å². The summed E-state index contributed by atoms with van der Waals surface area (Å²) in [5.41, 5.74) is 5.04. The molecular weight excluding hydrogens is 527 g/mol. The summed E-state index contributed by atoms with van der Waals surface area (Å²) < 4.78 is 18.2. The number of hydrazone groups is 1. The highest BCUT2D eigenvalue weighted by atomic mass is 79.9. The van der Waals surface area contributed by atoms with E-state index in [0.29, 0.717) is 27.8 Å². The van der Waals surface area contributed by atoms with Crippen LogP contribution in [0.1, 0.15) is 36.5 Å². The molecule has 1 N–H and O–H groups in total. The Morgan fingerprint density at radius 3 is 2.69 bits per heavy atom. The van der Waals surface area contributed by atoms with E-state index in [-0.39, 0.29) is 25.2 Å². The number of hydrogen-bond acceptors (Lipinski definition) is 5. The molecule has 0 fully saturated rings. The van der Waals surface area contributed by atoms with Gasteiger partial charge in [0.1, 0.15) is 5.75 Å². The first-order chi connectivity index (χ1) is 13.8. The minimum atomic E-state index is -0.389. The Morgan fingerprint density at radius 2 is 2.00 bits per heavy atom. The second-order valence-corrected chi connectivity index (χ2v) is 8.73. The average Bonchev–Trinajstić information content (AvgIpc) is 3.12. The predicted octanol–water partition coefficient (Wildman–Crippen LogP) is 5.55. The maximum atomic E-state index is 12.2. The molecule has 0 spiro atoms. The molecule has 0 aromatic heterocycles. The van der Waals surface area contributed by atoms with Gasteiger partial charge in [-0.1, -0.05) is 41.4 Å². The van der Waals surface area contributed by atoms with Gasteiger partial charge >= 0.3 is 0 Å². The molecule has 1 aliphatic rings. The average molecular weight is 547 g/mol. The minimum absolute atomic E-state index is 0.157. The van der Waals surface area contributed by atoms with Gasteiger partial charge < -0.3 is 14.2 Å². The number of nitrogens with one attached hydrogen (secondary N) is 1. The van der Waals surface area contributed by atoms with E-state index in [1.165, 1.54) is 6.21 Å². The van der Waals surface area contributed by atoms with Gasteiger partial charge in [-0.3, -0.25) is 4.79 Å². The summed E-state index contributed by atoms with van der Waals surface area (Å²) in [5.74, 6) is 1.66. The summed E-state index contributed by atoms with van der Waals surface area (Å²) >= 11 is 13.3. The molecule has 0 aliphatic carbocycles. The highest BCUT2D eigenvalue weighted by Gasteiger charge is 2.18. The van der Waals surface area contributed by atoms with Crippen LogP contribution in [0.15, 0.2) is 32.2 Å². The zero-order valence-corrected chi connectivity index (χ0v) is 19.9. The van der Waals surface area contributed by atoms with Gasteiger partial charge in [-0.25, -0.2) is 5.43 Å². The largest absolute Gasteiger partial charge is 0.482 e. The quantitative estimate of drug-likeness (QED) is 0.381. The Bertz CT molecular complexity index is 980. The highest BCUT2D eigenvalue weighted by molar-refractivity contribution is 9.11. The number of carbonyl (C=O) groups is 1. The maximum Gasteiger partial charge on any atom is 0.277 e. The lowest BCUT2D eigenvalue weighted by Gasteiger charge is -2.18. The van der Waals surface area contributed by atoms with Crippen LogP contribution in [0.3, 0.4) is 0 Å². The first kappa shape index (κ1) is 21.9. The zero-order chi connectivity index (χ0) is 21.1. The third-order valence-electron chi connectivity index (χ3n) is 4.29. The number of hydrogen-bond donors (Lipinski definition) is 1. The van der Waals surface area contributed by atoms with Gasteiger partial charge in [-0.15, -0.1) is 0 Å². The van der Waals surface area contributed by atoms with Crippen molar-refractivity contribution in [3.63, 3.8) is 0 Å². The molecule has 29 heavy (non-hydrogen) atoms. The standard InChI is InChI=1S/C20H19Br2ClN2O4/c1-10(2)13-5-14(21)11(3)19(22)20(13)27-8-18(26)25-24-7-12-4-16-17(6-15(12)23)29-9-28-16/h4-7,10H,8-9H2,1-3H3,(H,25,26). The number of fused-ring (bicyclic) bond motifs is 1. The van der Waals surface area contributed by atoms with Crippen LogP contribution in [0.4, 0.5) is 0 Å². The molecule has 0 radical (unpaired) electrons. The molecule has 3 rings (SSSR count). The third kappa shape index (κ3) is 5.05. The Hall–Kier alpha value is -1.77. The van der Waals surface area contributed by atoms with Crippen molar-refractivity contribution in [2.45, 2.75) is 26.7 Å². The molecule has 0 unspecified atom stereocenters. The smallest absolute Gasteiger partial charge is 0.277 e. The van der Waals surface area contributed by atoms with Crippen LogP contribution in [0, 0.1) is 6.92 Å². The van der Waals surface area contributed by atoms with Gasteiger partial charge in [0, 0.05) is 16.1 Å². The molecule has 1 amide bonds. The lowest BCUT2D eigenvalue weighted by atomic mass is 10.0. The van der Waals surface area contributed by atoms with E-state index in [2.05, 4.69) is 56.2 Å². The fourth-order valence-corrected chi connectivity index (χ4v) is 4.13. The van der Waals surface area contributed by atoms with Gasteiger partial charge in [0.2, 0.25) is 6.79 Å². The van der Waals surface area contributed by atoms with Crippen LogP contribution in [0.5, 0.6) is 17.2 Å². The normalized spacial score (nSPS) is 12.7. The van der Waals surface area contributed by atoms with E-state index in [4.69, 9.17) is 25.8 Å².